The van der Waals surface area contributed by atoms with Gasteiger partial charge in [-0.1, -0.05) is 24.3 Å². The second kappa shape index (κ2) is 4.58. The Balaban J connectivity index is 1.99. The first kappa shape index (κ1) is 9.69. The molecule has 0 saturated carbocycles. The van der Waals surface area contributed by atoms with Gasteiger partial charge in [-0.2, -0.15) is 0 Å². The van der Waals surface area contributed by atoms with E-state index in [-0.39, 0.29) is 0 Å². The number of hydrogen-bond acceptors (Lipinski definition) is 2. The zero-order valence-corrected chi connectivity index (χ0v) is 8.62. The van der Waals surface area contributed by atoms with Crippen LogP contribution in [-0.2, 0) is 17.7 Å². The third-order valence-electron chi connectivity index (χ3n) is 2.69. The fourth-order valence-electron chi connectivity index (χ4n) is 1.90. The van der Waals surface area contributed by atoms with Gasteiger partial charge in [0.1, 0.15) is 0 Å². The standard InChI is InChI=1S/C12H17NO/c1-2-14-9-12-7-10-5-3-4-6-11(10)8-13-12/h3-6,12-13H,2,7-9H2,1H3/t12-/m0/s1. The average molecular weight is 191 g/mol. The third kappa shape index (κ3) is 2.14. The summed E-state index contributed by atoms with van der Waals surface area (Å²) < 4.78 is 5.43. The SMILES string of the molecule is CCOC[C@@H]1Cc2ccccc2CN1. The second-order valence-electron chi connectivity index (χ2n) is 3.71. The van der Waals surface area contributed by atoms with Crippen molar-refractivity contribution >= 4 is 0 Å². The predicted octanol–water partition coefficient (Wildman–Crippen LogP) is 1.74. The van der Waals surface area contributed by atoms with Crippen LogP contribution >= 0.6 is 0 Å². The van der Waals surface area contributed by atoms with Crippen LogP contribution in [-0.4, -0.2) is 19.3 Å². The van der Waals surface area contributed by atoms with Crippen LogP contribution in [0.25, 0.3) is 0 Å². The van der Waals surface area contributed by atoms with E-state index in [4.69, 9.17) is 4.74 Å². The Morgan fingerprint density at radius 2 is 2.14 bits per heavy atom. The van der Waals surface area contributed by atoms with Crippen LogP contribution in [0.3, 0.4) is 0 Å². The highest BCUT2D eigenvalue weighted by Gasteiger charge is 2.16. The van der Waals surface area contributed by atoms with E-state index in [2.05, 4.69) is 29.6 Å². The summed E-state index contributed by atoms with van der Waals surface area (Å²) in [5.41, 5.74) is 2.90. The van der Waals surface area contributed by atoms with E-state index in [1.807, 2.05) is 6.92 Å². The molecule has 76 valence electrons. The molecule has 1 N–H and O–H groups in total. The predicted molar refractivity (Wildman–Crippen MR) is 57.3 cm³/mol. The summed E-state index contributed by atoms with van der Waals surface area (Å²) in [6.07, 6.45) is 1.09. The summed E-state index contributed by atoms with van der Waals surface area (Å²) in [5, 5.41) is 3.49. The van der Waals surface area contributed by atoms with Crippen LogP contribution in [0.5, 0.6) is 0 Å². The zero-order chi connectivity index (χ0) is 9.80. The lowest BCUT2D eigenvalue weighted by Gasteiger charge is -2.25. The fourth-order valence-corrected chi connectivity index (χ4v) is 1.90. The molecular formula is C12H17NO. The van der Waals surface area contributed by atoms with E-state index in [0.717, 1.165) is 26.2 Å². The quantitative estimate of drug-likeness (QED) is 0.785. The molecule has 2 nitrogen and oxygen atoms in total. The van der Waals surface area contributed by atoms with Gasteiger partial charge < -0.3 is 10.1 Å². The fraction of sp³-hybridized carbons (Fsp3) is 0.500. The van der Waals surface area contributed by atoms with Gasteiger partial charge in [-0.15, -0.1) is 0 Å². The summed E-state index contributed by atoms with van der Waals surface area (Å²) in [4.78, 5) is 0. The van der Waals surface area contributed by atoms with Gasteiger partial charge in [-0.25, -0.2) is 0 Å². The largest absolute Gasteiger partial charge is 0.380 e. The third-order valence-corrected chi connectivity index (χ3v) is 2.69. The van der Waals surface area contributed by atoms with E-state index < -0.39 is 0 Å². The Bertz CT molecular complexity index is 298. The molecular weight excluding hydrogens is 174 g/mol. The molecule has 0 radical (unpaired) electrons. The Hall–Kier alpha value is -0.860. The van der Waals surface area contributed by atoms with Crippen molar-refractivity contribution in [2.24, 2.45) is 0 Å². The Morgan fingerprint density at radius 1 is 1.36 bits per heavy atom. The molecule has 1 heterocycles. The average Bonchev–Trinajstić information content (AvgIpc) is 2.26. The molecule has 0 aliphatic carbocycles. The number of rotatable bonds is 3. The first-order valence-electron chi connectivity index (χ1n) is 5.28. The smallest absolute Gasteiger partial charge is 0.0622 e. The normalized spacial score (nSPS) is 20.5. The van der Waals surface area contributed by atoms with Crippen molar-refractivity contribution in [1.29, 1.82) is 0 Å². The molecule has 1 aliphatic rings. The summed E-state index contributed by atoms with van der Waals surface area (Å²) in [6, 6.07) is 9.12. The van der Waals surface area contributed by atoms with Crippen LogP contribution < -0.4 is 5.32 Å². The molecule has 0 fully saturated rings. The number of benzene rings is 1. The van der Waals surface area contributed by atoms with Gasteiger partial charge in [0.15, 0.2) is 0 Å². The lowest BCUT2D eigenvalue weighted by Crippen LogP contribution is -2.39. The van der Waals surface area contributed by atoms with Crippen LogP contribution in [0.15, 0.2) is 24.3 Å². The molecule has 0 aromatic heterocycles. The maximum atomic E-state index is 5.43. The summed E-state index contributed by atoms with van der Waals surface area (Å²) in [7, 11) is 0. The first-order chi connectivity index (χ1) is 6.90. The Labute approximate surface area is 85.3 Å². The monoisotopic (exact) mass is 191 g/mol. The van der Waals surface area contributed by atoms with Crippen molar-refractivity contribution in [3.8, 4) is 0 Å². The summed E-state index contributed by atoms with van der Waals surface area (Å²) >= 11 is 0. The molecule has 1 atom stereocenters. The van der Waals surface area contributed by atoms with Crippen LogP contribution in [0.4, 0.5) is 0 Å². The van der Waals surface area contributed by atoms with Crippen molar-refractivity contribution in [3.63, 3.8) is 0 Å². The number of nitrogens with one attached hydrogen (secondary N) is 1. The molecule has 0 bridgehead atoms. The highest BCUT2D eigenvalue weighted by Crippen LogP contribution is 2.16. The lowest BCUT2D eigenvalue weighted by atomic mass is 9.96. The van der Waals surface area contributed by atoms with Gasteiger partial charge in [0.25, 0.3) is 0 Å². The number of hydrogen-bond donors (Lipinski definition) is 1. The van der Waals surface area contributed by atoms with Crippen molar-refractivity contribution in [2.45, 2.75) is 25.9 Å². The van der Waals surface area contributed by atoms with Crippen molar-refractivity contribution in [3.05, 3.63) is 35.4 Å². The molecule has 1 aromatic rings. The first-order valence-corrected chi connectivity index (χ1v) is 5.28. The molecule has 14 heavy (non-hydrogen) atoms. The molecule has 2 heteroatoms. The van der Waals surface area contributed by atoms with Crippen LogP contribution in [0.2, 0.25) is 0 Å². The minimum atomic E-state index is 0.491. The number of ether oxygens (including phenoxy) is 1. The van der Waals surface area contributed by atoms with Crippen molar-refractivity contribution in [2.75, 3.05) is 13.2 Å². The van der Waals surface area contributed by atoms with Gasteiger partial charge >= 0.3 is 0 Å². The minimum Gasteiger partial charge on any atom is -0.380 e. The van der Waals surface area contributed by atoms with Crippen molar-refractivity contribution < 1.29 is 4.74 Å². The van der Waals surface area contributed by atoms with Gasteiger partial charge in [-0.3, -0.25) is 0 Å². The maximum absolute atomic E-state index is 5.43. The van der Waals surface area contributed by atoms with Gasteiger partial charge in [0, 0.05) is 19.2 Å². The van der Waals surface area contributed by atoms with E-state index >= 15 is 0 Å². The second-order valence-corrected chi connectivity index (χ2v) is 3.71. The van der Waals surface area contributed by atoms with E-state index in [0.29, 0.717) is 6.04 Å². The summed E-state index contributed by atoms with van der Waals surface area (Å²) in [6.45, 7) is 4.65. The van der Waals surface area contributed by atoms with E-state index in [1.54, 1.807) is 0 Å². The lowest BCUT2D eigenvalue weighted by molar-refractivity contribution is 0.120. The molecule has 1 aromatic carbocycles. The van der Waals surface area contributed by atoms with Gasteiger partial charge in [-0.05, 0) is 24.5 Å². The van der Waals surface area contributed by atoms with Crippen LogP contribution in [0, 0.1) is 0 Å². The molecule has 0 saturated heterocycles. The topological polar surface area (TPSA) is 21.3 Å². The summed E-state index contributed by atoms with van der Waals surface area (Å²) in [5.74, 6) is 0. The van der Waals surface area contributed by atoms with E-state index in [9.17, 15) is 0 Å². The van der Waals surface area contributed by atoms with Crippen LogP contribution in [0.1, 0.15) is 18.1 Å². The zero-order valence-electron chi connectivity index (χ0n) is 8.62. The number of fused-ring (bicyclic) bond motifs is 1. The minimum absolute atomic E-state index is 0.491. The maximum Gasteiger partial charge on any atom is 0.0622 e. The Morgan fingerprint density at radius 3 is 2.93 bits per heavy atom. The Kier molecular flexibility index (Phi) is 3.17. The van der Waals surface area contributed by atoms with Gasteiger partial charge in [0.2, 0.25) is 0 Å². The molecule has 0 amide bonds. The highest BCUT2D eigenvalue weighted by molar-refractivity contribution is 5.29. The molecule has 0 unspecified atom stereocenters. The molecule has 2 rings (SSSR count). The van der Waals surface area contributed by atoms with Crippen molar-refractivity contribution in [1.82, 2.24) is 5.32 Å². The molecule has 1 aliphatic heterocycles. The molecule has 0 spiro atoms. The van der Waals surface area contributed by atoms with Gasteiger partial charge in [0.05, 0.1) is 6.61 Å². The van der Waals surface area contributed by atoms with E-state index in [1.165, 1.54) is 11.1 Å². The highest BCUT2D eigenvalue weighted by atomic mass is 16.5.